The van der Waals surface area contributed by atoms with Crippen molar-refractivity contribution in [1.29, 1.82) is 0 Å². The van der Waals surface area contributed by atoms with E-state index in [-0.39, 0.29) is 11.9 Å². The highest BCUT2D eigenvalue weighted by molar-refractivity contribution is 5.99. The highest BCUT2D eigenvalue weighted by atomic mass is 16.5. The fourth-order valence-corrected chi connectivity index (χ4v) is 4.54. The third-order valence-electron chi connectivity index (χ3n) is 6.26. The standard InChI is InChI=1S/C24H27N3O2/c28-24(25-20-8-11-27(12-9-20)21-10-13-29-16-21)23-15-19-7-6-18(14-22(19)26-23)17-4-2-1-3-5-17/h1-7,14-15,20-21,26H,8-13,16H2,(H,25,28). The second kappa shape index (κ2) is 8.01. The number of fused-ring (bicyclic) bond motifs is 1. The molecule has 29 heavy (non-hydrogen) atoms. The summed E-state index contributed by atoms with van der Waals surface area (Å²) in [5.74, 6) is -0.00916. The molecule has 2 aliphatic rings. The van der Waals surface area contributed by atoms with Crippen LogP contribution in [0.5, 0.6) is 0 Å². The van der Waals surface area contributed by atoms with Crippen LogP contribution in [0.4, 0.5) is 0 Å². The summed E-state index contributed by atoms with van der Waals surface area (Å²) in [6.45, 7) is 3.81. The molecule has 5 nitrogen and oxygen atoms in total. The number of likely N-dealkylation sites (tertiary alicyclic amines) is 1. The van der Waals surface area contributed by atoms with Gasteiger partial charge in [-0.2, -0.15) is 0 Å². The number of piperidine rings is 1. The van der Waals surface area contributed by atoms with E-state index in [1.165, 1.54) is 5.56 Å². The molecule has 3 heterocycles. The summed E-state index contributed by atoms with van der Waals surface area (Å²) in [7, 11) is 0. The summed E-state index contributed by atoms with van der Waals surface area (Å²) in [4.78, 5) is 18.6. The van der Waals surface area contributed by atoms with Crippen LogP contribution in [-0.4, -0.2) is 54.2 Å². The van der Waals surface area contributed by atoms with Crippen LogP contribution in [0.15, 0.2) is 54.6 Å². The van der Waals surface area contributed by atoms with Crippen molar-refractivity contribution in [3.05, 3.63) is 60.3 Å². The van der Waals surface area contributed by atoms with Crippen molar-refractivity contribution in [3.63, 3.8) is 0 Å². The Bertz CT molecular complexity index is 984. The van der Waals surface area contributed by atoms with E-state index in [1.54, 1.807) is 0 Å². The molecule has 1 atom stereocenters. The lowest BCUT2D eigenvalue weighted by molar-refractivity contribution is 0.0871. The molecule has 0 radical (unpaired) electrons. The molecular weight excluding hydrogens is 362 g/mol. The number of benzene rings is 2. The fraction of sp³-hybridized carbons (Fsp3) is 0.375. The highest BCUT2D eigenvalue weighted by Crippen LogP contribution is 2.25. The fourth-order valence-electron chi connectivity index (χ4n) is 4.54. The highest BCUT2D eigenvalue weighted by Gasteiger charge is 2.28. The van der Waals surface area contributed by atoms with Gasteiger partial charge in [-0.3, -0.25) is 9.69 Å². The zero-order chi connectivity index (χ0) is 19.6. The molecule has 0 aliphatic carbocycles. The van der Waals surface area contributed by atoms with Gasteiger partial charge in [0.1, 0.15) is 5.69 Å². The van der Waals surface area contributed by atoms with Crippen LogP contribution >= 0.6 is 0 Å². The van der Waals surface area contributed by atoms with Crippen LogP contribution in [-0.2, 0) is 4.74 Å². The molecule has 0 bridgehead atoms. The molecule has 2 fully saturated rings. The molecule has 1 amide bonds. The number of aromatic amines is 1. The Morgan fingerprint density at radius 2 is 1.83 bits per heavy atom. The van der Waals surface area contributed by atoms with Crippen LogP contribution in [0.25, 0.3) is 22.0 Å². The third kappa shape index (κ3) is 3.93. The van der Waals surface area contributed by atoms with Gasteiger partial charge < -0.3 is 15.0 Å². The van der Waals surface area contributed by atoms with Crippen LogP contribution in [0.2, 0.25) is 0 Å². The summed E-state index contributed by atoms with van der Waals surface area (Å²) in [6.07, 6.45) is 3.14. The average molecular weight is 389 g/mol. The Labute approximate surface area is 171 Å². The number of carbonyl (C=O) groups is 1. The van der Waals surface area contributed by atoms with Crippen molar-refractivity contribution in [2.75, 3.05) is 26.3 Å². The van der Waals surface area contributed by atoms with E-state index in [9.17, 15) is 4.79 Å². The molecular formula is C24H27N3O2. The Balaban J connectivity index is 1.24. The van der Waals surface area contributed by atoms with E-state index in [1.807, 2.05) is 24.3 Å². The smallest absolute Gasteiger partial charge is 0.267 e. The summed E-state index contributed by atoms with van der Waals surface area (Å²) in [6, 6.07) is 19.4. The van der Waals surface area contributed by atoms with Gasteiger partial charge in [0.2, 0.25) is 0 Å². The largest absolute Gasteiger partial charge is 0.380 e. The second-order valence-corrected chi connectivity index (χ2v) is 8.15. The number of H-pyrrole nitrogens is 1. The number of amides is 1. The van der Waals surface area contributed by atoms with E-state index in [2.05, 4.69) is 45.5 Å². The number of nitrogens with zero attached hydrogens (tertiary/aromatic N) is 1. The maximum atomic E-state index is 12.8. The zero-order valence-electron chi connectivity index (χ0n) is 16.6. The Hall–Kier alpha value is -2.63. The quantitative estimate of drug-likeness (QED) is 0.713. The molecule has 1 unspecified atom stereocenters. The lowest BCUT2D eigenvalue weighted by atomic mass is 10.0. The molecule has 2 saturated heterocycles. The Morgan fingerprint density at radius 3 is 2.59 bits per heavy atom. The number of hydrogen-bond donors (Lipinski definition) is 2. The van der Waals surface area contributed by atoms with Crippen LogP contribution < -0.4 is 5.32 Å². The zero-order valence-corrected chi connectivity index (χ0v) is 16.6. The average Bonchev–Trinajstić information content (AvgIpc) is 3.44. The molecule has 0 spiro atoms. The van der Waals surface area contributed by atoms with Crippen molar-refractivity contribution in [1.82, 2.24) is 15.2 Å². The van der Waals surface area contributed by atoms with Gasteiger partial charge in [0.05, 0.1) is 6.61 Å². The summed E-state index contributed by atoms with van der Waals surface area (Å²) < 4.78 is 5.51. The Kier molecular flexibility index (Phi) is 5.08. The van der Waals surface area contributed by atoms with Crippen LogP contribution in [0.1, 0.15) is 29.8 Å². The number of carbonyl (C=O) groups excluding carboxylic acids is 1. The van der Waals surface area contributed by atoms with Crippen molar-refractivity contribution in [2.24, 2.45) is 0 Å². The van der Waals surface area contributed by atoms with E-state index in [4.69, 9.17) is 4.74 Å². The van der Waals surface area contributed by atoms with Crippen molar-refractivity contribution in [2.45, 2.75) is 31.3 Å². The SMILES string of the molecule is O=C(NC1CCN(C2CCOC2)CC1)c1cc2ccc(-c3ccccc3)cc2[nH]1. The van der Waals surface area contributed by atoms with Gasteiger partial charge in [-0.1, -0.05) is 42.5 Å². The minimum atomic E-state index is -0.00916. The van der Waals surface area contributed by atoms with E-state index in [0.29, 0.717) is 11.7 Å². The third-order valence-corrected chi connectivity index (χ3v) is 6.26. The molecule has 2 N–H and O–H groups in total. The second-order valence-electron chi connectivity index (χ2n) is 8.15. The van der Waals surface area contributed by atoms with Crippen molar-refractivity contribution < 1.29 is 9.53 Å². The molecule has 2 aromatic carbocycles. The normalized spacial score (nSPS) is 20.9. The van der Waals surface area contributed by atoms with Gasteiger partial charge in [-0.05, 0) is 42.5 Å². The number of hydrogen-bond acceptors (Lipinski definition) is 3. The topological polar surface area (TPSA) is 57.4 Å². The van der Waals surface area contributed by atoms with E-state index >= 15 is 0 Å². The minimum Gasteiger partial charge on any atom is -0.380 e. The van der Waals surface area contributed by atoms with Gasteiger partial charge in [-0.15, -0.1) is 0 Å². The molecule has 1 aromatic heterocycles. The van der Waals surface area contributed by atoms with Crippen molar-refractivity contribution in [3.8, 4) is 11.1 Å². The number of aromatic nitrogens is 1. The first kappa shape index (κ1) is 18.4. The number of ether oxygens (including phenoxy) is 1. The van der Waals surface area contributed by atoms with Gasteiger partial charge in [0.25, 0.3) is 5.91 Å². The molecule has 150 valence electrons. The van der Waals surface area contributed by atoms with E-state index in [0.717, 1.165) is 62.0 Å². The Morgan fingerprint density at radius 1 is 1.00 bits per heavy atom. The molecule has 0 saturated carbocycles. The molecule has 3 aromatic rings. The van der Waals surface area contributed by atoms with Gasteiger partial charge in [0.15, 0.2) is 0 Å². The number of nitrogens with one attached hydrogen (secondary N) is 2. The molecule has 5 heteroatoms. The lowest BCUT2D eigenvalue weighted by Gasteiger charge is -2.35. The lowest BCUT2D eigenvalue weighted by Crippen LogP contribution is -2.48. The summed E-state index contributed by atoms with van der Waals surface area (Å²) >= 11 is 0. The monoisotopic (exact) mass is 389 g/mol. The summed E-state index contributed by atoms with van der Waals surface area (Å²) in [5, 5.41) is 4.29. The first-order valence-electron chi connectivity index (χ1n) is 10.6. The first-order valence-corrected chi connectivity index (χ1v) is 10.6. The number of rotatable bonds is 4. The van der Waals surface area contributed by atoms with Crippen LogP contribution in [0.3, 0.4) is 0 Å². The summed E-state index contributed by atoms with van der Waals surface area (Å²) in [5.41, 5.74) is 3.95. The first-order chi connectivity index (χ1) is 14.3. The van der Waals surface area contributed by atoms with E-state index < -0.39 is 0 Å². The predicted octanol–water partition coefficient (Wildman–Crippen LogP) is 3.82. The van der Waals surface area contributed by atoms with Gasteiger partial charge in [-0.25, -0.2) is 0 Å². The maximum absolute atomic E-state index is 12.8. The molecule has 5 rings (SSSR count). The van der Waals surface area contributed by atoms with Gasteiger partial charge >= 0.3 is 0 Å². The minimum absolute atomic E-state index is 0.00916. The predicted molar refractivity (Wildman–Crippen MR) is 115 cm³/mol. The van der Waals surface area contributed by atoms with Crippen molar-refractivity contribution >= 4 is 16.8 Å². The maximum Gasteiger partial charge on any atom is 0.267 e. The van der Waals surface area contributed by atoms with Gasteiger partial charge in [0, 0.05) is 42.7 Å². The van der Waals surface area contributed by atoms with Crippen LogP contribution in [0, 0.1) is 0 Å². The molecule has 2 aliphatic heterocycles.